The quantitative estimate of drug-likeness (QED) is 0.933. The number of rotatable bonds is 4. The lowest BCUT2D eigenvalue weighted by molar-refractivity contribution is 0.691. The number of aryl methyl sites for hydroxylation is 1. The molecule has 20 heavy (non-hydrogen) atoms. The van der Waals surface area contributed by atoms with Crippen molar-refractivity contribution in [2.24, 2.45) is 0 Å². The first-order valence-corrected chi connectivity index (χ1v) is 8.18. The van der Waals surface area contributed by atoms with E-state index in [-0.39, 0.29) is 0 Å². The predicted octanol–water partition coefficient (Wildman–Crippen LogP) is 3.40. The van der Waals surface area contributed by atoms with Gasteiger partial charge in [-0.15, -0.1) is 0 Å². The molecule has 0 saturated heterocycles. The molecule has 2 heterocycles. The Morgan fingerprint density at radius 3 is 3.05 bits per heavy atom. The first kappa shape index (κ1) is 12.4. The van der Waals surface area contributed by atoms with Crippen LogP contribution < -0.4 is 10.2 Å². The highest BCUT2D eigenvalue weighted by Crippen LogP contribution is 2.37. The van der Waals surface area contributed by atoms with Crippen molar-refractivity contribution in [2.45, 2.75) is 38.8 Å². The van der Waals surface area contributed by atoms with E-state index >= 15 is 0 Å². The van der Waals surface area contributed by atoms with Gasteiger partial charge in [0.05, 0.1) is 5.69 Å². The minimum Gasteiger partial charge on any atom is -0.317 e. The molecule has 0 spiro atoms. The highest BCUT2D eigenvalue weighted by molar-refractivity contribution is 7.15. The van der Waals surface area contributed by atoms with Crippen molar-refractivity contribution in [3.8, 4) is 0 Å². The Bertz CT molecular complexity index is 630. The highest BCUT2D eigenvalue weighted by Gasteiger charge is 2.24. The van der Waals surface area contributed by atoms with Crippen molar-refractivity contribution >= 4 is 22.2 Å². The molecule has 4 rings (SSSR count). The molecule has 104 valence electrons. The second-order valence-electron chi connectivity index (χ2n) is 5.69. The number of aromatic nitrogens is 1. The van der Waals surface area contributed by atoms with Crippen LogP contribution in [0, 0.1) is 6.92 Å². The molecule has 1 fully saturated rings. The summed E-state index contributed by atoms with van der Waals surface area (Å²) in [6.45, 7) is 4.16. The van der Waals surface area contributed by atoms with Gasteiger partial charge in [-0.3, -0.25) is 0 Å². The van der Waals surface area contributed by atoms with Crippen molar-refractivity contribution in [1.29, 1.82) is 0 Å². The average molecular weight is 285 g/mol. The van der Waals surface area contributed by atoms with Crippen LogP contribution in [0.25, 0.3) is 0 Å². The fraction of sp³-hybridized carbons (Fsp3) is 0.438. The van der Waals surface area contributed by atoms with Crippen molar-refractivity contribution in [2.75, 3.05) is 11.4 Å². The van der Waals surface area contributed by atoms with Gasteiger partial charge in [-0.05, 0) is 37.8 Å². The number of benzene rings is 1. The van der Waals surface area contributed by atoms with Crippen molar-refractivity contribution in [3.63, 3.8) is 0 Å². The third kappa shape index (κ3) is 2.23. The van der Waals surface area contributed by atoms with E-state index in [1.165, 1.54) is 34.7 Å². The Morgan fingerprint density at radius 2 is 2.20 bits per heavy atom. The molecule has 1 saturated carbocycles. The van der Waals surface area contributed by atoms with Crippen LogP contribution in [0.3, 0.4) is 0 Å². The molecule has 0 radical (unpaired) electrons. The maximum absolute atomic E-state index is 4.79. The van der Waals surface area contributed by atoms with E-state index in [1.807, 2.05) is 11.3 Å². The van der Waals surface area contributed by atoms with Gasteiger partial charge in [-0.2, -0.15) is 0 Å². The largest absolute Gasteiger partial charge is 0.317 e. The van der Waals surface area contributed by atoms with Gasteiger partial charge < -0.3 is 10.2 Å². The number of anilines is 2. The molecule has 0 amide bonds. The molecule has 1 N–H and O–H groups in total. The van der Waals surface area contributed by atoms with E-state index in [1.54, 1.807) is 0 Å². The summed E-state index contributed by atoms with van der Waals surface area (Å²) in [6.07, 6.45) is 3.80. The lowest BCUT2D eigenvalue weighted by Gasteiger charge is -2.15. The number of nitrogens with one attached hydrogen (secondary N) is 1. The second-order valence-corrected chi connectivity index (χ2v) is 6.75. The van der Waals surface area contributed by atoms with Crippen LogP contribution in [0.4, 0.5) is 10.8 Å². The highest BCUT2D eigenvalue weighted by atomic mass is 32.1. The van der Waals surface area contributed by atoms with Gasteiger partial charge >= 0.3 is 0 Å². The number of hydrogen-bond acceptors (Lipinski definition) is 4. The first-order chi connectivity index (χ1) is 9.81. The summed E-state index contributed by atoms with van der Waals surface area (Å²) in [6, 6.07) is 9.44. The molecular formula is C16H19N3S. The Kier molecular flexibility index (Phi) is 3.00. The Labute approximate surface area is 123 Å². The number of hydrogen-bond donors (Lipinski definition) is 1. The van der Waals surface area contributed by atoms with E-state index in [0.29, 0.717) is 0 Å². The van der Waals surface area contributed by atoms with Crippen LogP contribution in [0.2, 0.25) is 0 Å². The number of thiazole rings is 1. The van der Waals surface area contributed by atoms with Crippen molar-refractivity contribution in [1.82, 2.24) is 10.3 Å². The standard InChI is InChI=1S/C16H19N3S/c1-11-15(10-17-13-6-7-13)20-16(18-11)19-9-8-12-4-2-3-5-14(12)19/h2-5,13,17H,6-10H2,1H3. The fourth-order valence-corrected chi connectivity index (χ4v) is 3.81. The molecule has 1 aliphatic heterocycles. The lowest BCUT2D eigenvalue weighted by Crippen LogP contribution is -2.14. The minimum atomic E-state index is 0.757. The third-order valence-electron chi connectivity index (χ3n) is 4.13. The van der Waals surface area contributed by atoms with E-state index in [0.717, 1.165) is 30.7 Å². The van der Waals surface area contributed by atoms with Gasteiger partial charge in [-0.25, -0.2) is 4.98 Å². The summed E-state index contributed by atoms with van der Waals surface area (Å²) in [4.78, 5) is 8.55. The summed E-state index contributed by atoms with van der Waals surface area (Å²) < 4.78 is 0. The molecule has 3 nitrogen and oxygen atoms in total. The molecule has 1 aromatic carbocycles. The third-order valence-corrected chi connectivity index (χ3v) is 5.31. The summed E-state index contributed by atoms with van der Waals surface area (Å²) in [7, 11) is 0. The van der Waals surface area contributed by atoms with Gasteiger partial charge in [-0.1, -0.05) is 29.5 Å². The SMILES string of the molecule is Cc1nc(N2CCc3ccccc32)sc1CNC1CC1. The van der Waals surface area contributed by atoms with Crippen LogP contribution in [0.5, 0.6) is 0 Å². The lowest BCUT2D eigenvalue weighted by atomic mass is 10.2. The number of para-hydroxylation sites is 1. The Morgan fingerprint density at radius 1 is 1.35 bits per heavy atom. The number of fused-ring (bicyclic) bond motifs is 1. The smallest absolute Gasteiger partial charge is 0.190 e. The van der Waals surface area contributed by atoms with Crippen LogP contribution in [-0.2, 0) is 13.0 Å². The Balaban J connectivity index is 1.58. The zero-order chi connectivity index (χ0) is 13.5. The van der Waals surface area contributed by atoms with Gasteiger partial charge in [0, 0.05) is 29.7 Å². The summed E-state index contributed by atoms with van der Waals surface area (Å²) in [5.41, 5.74) is 3.96. The van der Waals surface area contributed by atoms with Crippen molar-refractivity contribution < 1.29 is 0 Å². The van der Waals surface area contributed by atoms with E-state index in [2.05, 4.69) is 41.4 Å². The van der Waals surface area contributed by atoms with Gasteiger partial charge in [0.25, 0.3) is 0 Å². The maximum Gasteiger partial charge on any atom is 0.190 e. The van der Waals surface area contributed by atoms with Crippen LogP contribution in [-0.4, -0.2) is 17.6 Å². The molecule has 0 unspecified atom stereocenters. The molecule has 1 aliphatic carbocycles. The van der Waals surface area contributed by atoms with Gasteiger partial charge in [0.1, 0.15) is 0 Å². The van der Waals surface area contributed by atoms with Crippen LogP contribution in [0.15, 0.2) is 24.3 Å². The monoisotopic (exact) mass is 285 g/mol. The average Bonchev–Trinajstić information content (AvgIpc) is 3.08. The van der Waals surface area contributed by atoms with E-state index in [4.69, 9.17) is 4.98 Å². The normalized spacial score (nSPS) is 17.6. The van der Waals surface area contributed by atoms with Crippen LogP contribution in [0.1, 0.15) is 29.0 Å². The minimum absolute atomic E-state index is 0.757. The molecule has 1 aromatic heterocycles. The number of nitrogens with zero attached hydrogens (tertiary/aromatic N) is 2. The second kappa shape index (κ2) is 4.86. The molecule has 2 aliphatic rings. The topological polar surface area (TPSA) is 28.2 Å². The van der Waals surface area contributed by atoms with Gasteiger partial charge in [0.2, 0.25) is 0 Å². The summed E-state index contributed by atoms with van der Waals surface area (Å²) in [5.74, 6) is 0. The van der Waals surface area contributed by atoms with Crippen molar-refractivity contribution in [3.05, 3.63) is 40.4 Å². The van der Waals surface area contributed by atoms with E-state index < -0.39 is 0 Å². The molecule has 0 atom stereocenters. The predicted molar refractivity (Wildman–Crippen MR) is 83.9 cm³/mol. The van der Waals surface area contributed by atoms with Crippen LogP contribution >= 0.6 is 11.3 Å². The summed E-state index contributed by atoms with van der Waals surface area (Å²) >= 11 is 1.84. The maximum atomic E-state index is 4.79. The Hall–Kier alpha value is -1.39. The molecule has 2 aromatic rings. The van der Waals surface area contributed by atoms with E-state index in [9.17, 15) is 0 Å². The first-order valence-electron chi connectivity index (χ1n) is 7.36. The zero-order valence-electron chi connectivity index (χ0n) is 11.7. The summed E-state index contributed by atoms with van der Waals surface area (Å²) in [5, 5.41) is 4.74. The molecule has 4 heteroatoms. The van der Waals surface area contributed by atoms with Gasteiger partial charge in [0.15, 0.2) is 5.13 Å². The molecule has 0 bridgehead atoms. The fourth-order valence-electron chi connectivity index (χ4n) is 2.75. The zero-order valence-corrected chi connectivity index (χ0v) is 12.5. The molecular weight excluding hydrogens is 266 g/mol.